The molecule has 1 unspecified atom stereocenters. The van der Waals surface area contributed by atoms with Gasteiger partial charge in [-0.2, -0.15) is 0 Å². The fourth-order valence-electron chi connectivity index (χ4n) is 2.28. The predicted molar refractivity (Wildman–Crippen MR) is 74.8 cm³/mol. The number of hydrogen-bond donors (Lipinski definition) is 1. The topological polar surface area (TPSA) is 51.6 Å². The first-order valence-electron chi connectivity index (χ1n) is 6.78. The first kappa shape index (κ1) is 12.9. The maximum atomic E-state index is 9.12. The highest BCUT2D eigenvalue weighted by Gasteiger charge is 2.20. The minimum Gasteiger partial charge on any atom is -0.486 e. The van der Waals surface area contributed by atoms with Gasteiger partial charge in [0.15, 0.2) is 11.5 Å². The van der Waals surface area contributed by atoms with E-state index in [4.69, 9.17) is 14.6 Å². The SMILES string of the molecule is OCc1ccnc(CCC2COc3ccccc3O2)c1. The molecule has 2 heterocycles. The minimum atomic E-state index is 0.0458. The molecule has 1 aliphatic heterocycles. The Kier molecular flexibility index (Phi) is 3.83. The number of aromatic nitrogens is 1. The molecule has 0 bridgehead atoms. The van der Waals surface area contributed by atoms with E-state index in [0.717, 1.165) is 35.6 Å². The van der Waals surface area contributed by atoms with E-state index in [-0.39, 0.29) is 12.7 Å². The Morgan fingerprint density at radius 2 is 2.05 bits per heavy atom. The largest absolute Gasteiger partial charge is 0.486 e. The molecule has 0 aliphatic carbocycles. The van der Waals surface area contributed by atoms with Crippen LogP contribution in [0.15, 0.2) is 42.6 Å². The third-order valence-corrected chi connectivity index (χ3v) is 3.35. The van der Waals surface area contributed by atoms with Gasteiger partial charge >= 0.3 is 0 Å². The van der Waals surface area contributed by atoms with Crippen LogP contribution in [-0.2, 0) is 13.0 Å². The molecule has 1 aromatic carbocycles. The van der Waals surface area contributed by atoms with Crippen molar-refractivity contribution in [2.75, 3.05) is 6.61 Å². The highest BCUT2D eigenvalue weighted by Crippen LogP contribution is 2.31. The average molecular weight is 271 g/mol. The van der Waals surface area contributed by atoms with Gasteiger partial charge in [0.25, 0.3) is 0 Å². The van der Waals surface area contributed by atoms with Gasteiger partial charge in [-0.25, -0.2) is 0 Å². The number of pyridine rings is 1. The van der Waals surface area contributed by atoms with Gasteiger partial charge in [-0.1, -0.05) is 12.1 Å². The molecule has 0 saturated carbocycles. The molecule has 0 radical (unpaired) electrons. The van der Waals surface area contributed by atoms with E-state index in [2.05, 4.69) is 4.98 Å². The smallest absolute Gasteiger partial charge is 0.161 e. The summed E-state index contributed by atoms with van der Waals surface area (Å²) in [5.41, 5.74) is 1.86. The summed E-state index contributed by atoms with van der Waals surface area (Å²) in [5.74, 6) is 1.62. The maximum absolute atomic E-state index is 9.12. The van der Waals surface area contributed by atoms with Crippen LogP contribution in [0.25, 0.3) is 0 Å². The Bertz CT molecular complexity index is 585. The van der Waals surface area contributed by atoms with Crippen LogP contribution in [-0.4, -0.2) is 22.8 Å². The number of rotatable bonds is 4. The molecular weight excluding hydrogens is 254 g/mol. The van der Waals surface area contributed by atoms with Gasteiger partial charge in [0.1, 0.15) is 12.7 Å². The van der Waals surface area contributed by atoms with E-state index < -0.39 is 0 Å². The number of ether oxygens (including phenoxy) is 2. The van der Waals surface area contributed by atoms with Crippen molar-refractivity contribution in [2.45, 2.75) is 25.6 Å². The van der Waals surface area contributed by atoms with Gasteiger partial charge in [-0.3, -0.25) is 4.98 Å². The summed E-state index contributed by atoms with van der Waals surface area (Å²) < 4.78 is 11.6. The number of para-hydroxylation sites is 2. The van der Waals surface area contributed by atoms with E-state index >= 15 is 0 Å². The number of fused-ring (bicyclic) bond motifs is 1. The van der Waals surface area contributed by atoms with E-state index in [1.165, 1.54) is 0 Å². The molecule has 0 fully saturated rings. The molecule has 1 aliphatic rings. The van der Waals surface area contributed by atoms with Crippen molar-refractivity contribution in [1.82, 2.24) is 4.98 Å². The van der Waals surface area contributed by atoms with Crippen LogP contribution in [0.3, 0.4) is 0 Å². The zero-order valence-electron chi connectivity index (χ0n) is 11.2. The molecule has 0 amide bonds. The van der Waals surface area contributed by atoms with Crippen molar-refractivity contribution in [3.05, 3.63) is 53.9 Å². The highest BCUT2D eigenvalue weighted by molar-refractivity contribution is 5.40. The Balaban J connectivity index is 1.60. The Morgan fingerprint density at radius 3 is 2.90 bits per heavy atom. The standard InChI is InChI=1S/C16H17NO3/c18-10-12-7-8-17-13(9-12)5-6-14-11-19-15-3-1-2-4-16(15)20-14/h1-4,7-9,14,18H,5-6,10-11H2. The van der Waals surface area contributed by atoms with E-state index in [0.29, 0.717) is 6.61 Å². The van der Waals surface area contributed by atoms with E-state index in [1.54, 1.807) is 6.20 Å². The van der Waals surface area contributed by atoms with Crippen LogP contribution < -0.4 is 9.47 Å². The van der Waals surface area contributed by atoms with Gasteiger partial charge < -0.3 is 14.6 Å². The molecule has 0 saturated heterocycles. The lowest BCUT2D eigenvalue weighted by Crippen LogP contribution is -2.29. The molecule has 20 heavy (non-hydrogen) atoms. The lowest BCUT2D eigenvalue weighted by molar-refractivity contribution is 0.0849. The molecule has 1 atom stereocenters. The second-order valence-electron chi connectivity index (χ2n) is 4.85. The summed E-state index contributed by atoms with van der Waals surface area (Å²) in [5, 5.41) is 9.12. The van der Waals surface area contributed by atoms with E-state index in [1.807, 2.05) is 36.4 Å². The van der Waals surface area contributed by atoms with Crippen LogP contribution in [0.2, 0.25) is 0 Å². The number of nitrogens with zero attached hydrogens (tertiary/aromatic N) is 1. The van der Waals surface area contributed by atoms with Crippen LogP contribution in [0.1, 0.15) is 17.7 Å². The normalized spacial score (nSPS) is 16.9. The van der Waals surface area contributed by atoms with Gasteiger partial charge in [0.05, 0.1) is 6.61 Å². The first-order valence-corrected chi connectivity index (χ1v) is 6.78. The summed E-state index contributed by atoms with van der Waals surface area (Å²) in [6.07, 6.45) is 3.43. The number of aryl methyl sites for hydroxylation is 1. The van der Waals surface area contributed by atoms with Crippen molar-refractivity contribution in [1.29, 1.82) is 0 Å². The summed E-state index contributed by atoms with van der Waals surface area (Å²) in [4.78, 5) is 4.31. The zero-order valence-corrected chi connectivity index (χ0v) is 11.2. The number of aliphatic hydroxyl groups is 1. The third-order valence-electron chi connectivity index (χ3n) is 3.35. The fraction of sp³-hybridized carbons (Fsp3) is 0.312. The molecule has 3 rings (SSSR count). The van der Waals surface area contributed by atoms with Gasteiger partial charge in [-0.05, 0) is 42.7 Å². The van der Waals surface area contributed by atoms with Crippen molar-refractivity contribution in [2.24, 2.45) is 0 Å². The molecule has 1 aromatic heterocycles. The van der Waals surface area contributed by atoms with Gasteiger partial charge in [0, 0.05) is 11.9 Å². The van der Waals surface area contributed by atoms with Gasteiger partial charge in [-0.15, -0.1) is 0 Å². The molecule has 4 heteroatoms. The highest BCUT2D eigenvalue weighted by atomic mass is 16.6. The lowest BCUT2D eigenvalue weighted by Gasteiger charge is -2.26. The number of benzene rings is 1. The lowest BCUT2D eigenvalue weighted by atomic mass is 10.1. The molecule has 0 spiro atoms. The van der Waals surface area contributed by atoms with Gasteiger partial charge in [0.2, 0.25) is 0 Å². The van der Waals surface area contributed by atoms with Crippen molar-refractivity contribution in [3.8, 4) is 11.5 Å². The summed E-state index contributed by atoms with van der Waals surface area (Å²) in [6, 6.07) is 11.5. The third kappa shape index (κ3) is 2.91. The van der Waals surface area contributed by atoms with Crippen LogP contribution in [0, 0.1) is 0 Å². The Hall–Kier alpha value is -2.07. The molecule has 4 nitrogen and oxygen atoms in total. The molecule has 1 N–H and O–H groups in total. The maximum Gasteiger partial charge on any atom is 0.161 e. The molecule has 104 valence electrons. The van der Waals surface area contributed by atoms with Crippen LogP contribution >= 0.6 is 0 Å². The number of hydrogen-bond acceptors (Lipinski definition) is 4. The summed E-state index contributed by atoms with van der Waals surface area (Å²) in [7, 11) is 0. The second kappa shape index (κ2) is 5.92. The summed E-state index contributed by atoms with van der Waals surface area (Å²) >= 11 is 0. The fourth-order valence-corrected chi connectivity index (χ4v) is 2.28. The zero-order chi connectivity index (χ0) is 13.8. The second-order valence-corrected chi connectivity index (χ2v) is 4.85. The number of aliphatic hydroxyl groups excluding tert-OH is 1. The monoisotopic (exact) mass is 271 g/mol. The van der Waals surface area contributed by atoms with E-state index in [9.17, 15) is 0 Å². The Morgan fingerprint density at radius 1 is 1.20 bits per heavy atom. The van der Waals surface area contributed by atoms with Crippen molar-refractivity contribution in [3.63, 3.8) is 0 Å². The average Bonchev–Trinajstić information content (AvgIpc) is 2.53. The van der Waals surface area contributed by atoms with Crippen LogP contribution in [0.5, 0.6) is 11.5 Å². The van der Waals surface area contributed by atoms with Crippen LogP contribution in [0.4, 0.5) is 0 Å². The molecule has 2 aromatic rings. The minimum absolute atomic E-state index is 0.0458. The predicted octanol–water partition coefficient (Wildman–Crippen LogP) is 2.35. The first-order chi connectivity index (χ1) is 9.85. The Labute approximate surface area is 118 Å². The molecular formula is C16H17NO3. The quantitative estimate of drug-likeness (QED) is 0.927. The van der Waals surface area contributed by atoms with Crippen molar-refractivity contribution >= 4 is 0 Å². The van der Waals surface area contributed by atoms with Crippen molar-refractivity contribution < 1.29 is 14.6 Å². The summed E-state index contributed by atoms with van der Waals surface area (Å²) in [6.45, 7) is 0.614.